The molecule has 1 aliphatic rings. The molecule has 1 aliphatic heterocycles. The van der Waals surface area contributed by atoms with Gasteiger partial charge in [-0.25, -0.2) is 9.18 Å². The van der Waals surface area contributed by atoms with Gasteiger partial charge in [0.15, 0.2) is 5.79 Å². The molecule has 0 aliphatic carbocycles. The minimum atomic E-state index is -5.11. The summed E-state index contributed by atoms with van der Waals surface area (Å²) in [7, 11) is 2.81. The SMILES string of the molecule is Bc1ccc([C@](C#CCO)(N[C@H]2CC(C)(F)N([C@@H](CSC(c3ccccc3)(c3ccccc3)c3ccccc3)C(=O)OC)C2=O)C(F)(F)F)cc1. The fraction of sp³-hybridized carbons (Fsp3) is 0.282. The first kappa shape index (κ1) is 37.7. The Bertz CT molecular complexity index is 1770. The molecule has 0 bridgehead atoms. The van der Waals surface area contributed by atoms with Gasteiger partial charge in [0.05, 0.1) is 17.9 Å². The number of likely N-dealkylation sites (tertiary alicyclic amines) is 1. The van der Waals surface area contributed by atoms with Crippen molar-refractivity contribution in [2.45, 2.75) is 47.7 Å². The molecule has 1 saturated heterocycles. The number of aliphatic hydroxyl groups is 1. The second-order valence-corrected chi connectivity index (χ2v) is 13.7. The van der Waals surface area contributed by atoms with Crippen molar-refractivity contribution in [3.63, 3.8) is 0 Å². The Morgan fingerprint density at radius 3 is 1.86 bits per heavy atom. The number of aliphatic hydroxyl groups excluding tert-OH is 1. The van der Waals surface area contributed by atoms with E-state index in [2.05, 4.69) is 17.2 Å². The van der Waals surface area contributed by atoms with Gasteiger partial charge in [-0.15, -0.1) is 11.8 Å². The molecule has 1 heterocycles. The third kappa shape index (κ3) is 7.43. The van der Waals surface area contributed by atoms with Crippen LogP contribution in [0.1, 0.15) is 35.6 Å². The summed E-state index contributed by atoms with van der Waals surface area (Å²) in [5, 5.41) is 11.7. The highest BCUT2D eigenvalue weighted by atomic mass is 32.2. The van der Waals surface area contributed by atoms with Gasteiger partial charge in [-0.1, -0.05) is 133 Å². The number of nitrogens with one attached hydrogen (secondary N) is 1. The summed E-state index contributed by atoms with van der Waals surface area (Å²) in [4.78, 5) is 28.5. The lowest BCUT2D eigenvalue weighted by Crippen LogP contribution is -2.59. The molecule has 4 aromatic rings. The van der Waals surface area contributed by atoms with E-state index in [9.17, 15) is 14.7 Å². The van der Waals surface area contributed by atoms with E-state index in [1.165, 1.54) is 36.0 Å². The average molecular weight is 717 g/mol. The maximum absolute atomic E-state index is 16.8. The Labute approximate surface area is 300 Å². The Balaban J connectivity index is 1.58. The molecular formula is C39H37BF4N2O4S. The number of esters is 1. The average Bonchev–Trinajstić information content (AvgIpc) is 3.35. The molecule has 4 aromatic carbocycles. The predicted molar refractivity (Wildman–Crippen MR) is 193 cm³/mol. The Morgan fingerprint density at radius 2 is 1.43 bits per heavy atom. The molecule has 51 heavy (non-hydrogen) atoms. The number of carbonyl (C=O) groups is 2. The van der Waals surface area contributed by atoms with E-state index in [1.807, 2.05) is 91.0 Å². The molecular weight excluding hydrogens is 679 g/mol. The van der Waals surface area contributed by atoms with Crippen LogP contribution >= 0.6 is 11.8 Å². The maximum Gasteiger partial charge on any atom is 0.422 e. The van der Waals surface area contributed by atoms with Crippen molar-refractivity contribution in [1.29, 1.82) is 0 Å². The number of thioether (sulfide) groups is 1. The molecule has 0 saturated carbocycles. The molecule has 1 fully saturated rings. The summed E-state index contributed by atoms with van der Waals surface area (Å²) in [6.45, 7) is 0.178. The predicted octanol–water partition coefficient (Wildman–Crippen LogP) is 4.84. The van der Waals surface area contributed by atoms with E-state index in [-0.39, 0.29) is 11.3 Å². The molecule has 2 N–H and O–H groups in total. The van der Waals surface area contributed by atoms with Gasteiger partial charge in [0.2, 0.25) is 11.4 Å². The van der Waals surface area contributed by atoms with Gasteiger partial charge in [0.25, 0.3) is 0 Å². The van der Waals surface area contributed by atoms with Gasteiger partial charge in [0.1, 0.15) is 20.5 Å². The first-order valence-electron chi connectivity index (χ1n) is 16.2. The normalized spacial score (nSPS) is 19.5. The second kappa shape index (κ2) is 15.4. The third-order valence-corrected chi connectivity index (χ3v) is 10.7. The number of amides is 1. The number of rotatable bonds is 11. The number of halogens is 4. The summed E-state index contributed by atoms with van der Waals surface area (Å²) >= 11 is 1.29. The molecule has 12 heteroatoms. The quantitative estimate of drug-likeness (QED) is 0.0578. The van der Waals surface area contributed by atoms with Crippen molar-refractivity contribution >= 4 is 36.9 Å². The van der Waals surface area contributed by atoms with Crippen LogP contribution in [0.25, 0.3) is 0 Å². The van der Waals surface area contributed by atoms with Crippen molar-refractivity contribution in [3.8, 4) is 11.8 Å². The lowest BCUT2D eigenvalue weighted by atomic mass is 9.84. The molecule has 264 valence electrons. The standard InChI is InChI=1S/C39H37BF4N2O4S/c1-36(41)25-32(45-37(23-12-24-47,39(42,43)44)27-19-21-31(40)22-20-27)34(48)46(36)33(35(49)50-2)26-51-38(28-13-6-3-7-14-28,29-15-8-4-9-16-29)30-17-10-5-11-18-30/h3-11,13-22,32-33,45,47H,24-26,40H2,1-2H3/t32-,33-,36?,37-/m0/s1. The van der Waals surface area contributed by atoms with Gasteiger partial charge in [-0.2, -0.15) is 13.2 Å². The zero-order valence-electron chi connectivity index (χ0n) is 28.3. The molecule has 1 unspecified atom stereocenters. The first-order valence-corrected chi connectivity index (χ1v) is 17.2. The number of nitrogens with zero attached hydrogens (tertiary/aromatic N) is 1. The summed E-state index contributed by atoms with van der Waals surface area (Å²) in [5.41, 5.74) is -0.258. The lowest BCUT2D eigenvalue weighted by molar-refractivity contribution is -0.184. The highest BCUT2D eigenvalue weighted by molar-refractivity contribution is 8.00. The molecule has 5 rings (SSSR count). The van der Waals surface area contributed by atoms with Crippen LogP contribution in [-0.4, -0.2) is 73.3 Å². The smallest absolute Gasteiger partial charge is 0.422 e. The number of carbonyl (C=O) groups excluding carboxylic acids is 2. The Morgan fingerprint density at radius 1 is 0.941 bits per heavy atom. The second-order valence-electron chi connectivity index (χ2n) is 12.5. The van der Waals surface area contributed by atoms with Crippen LogP contribution in [0.5, 0.6) is 0 Å². The highest BCUT2D eigenvalue weighted by Crippen LogP contribution is 2.50. The molecule has 0 aromatic heterocycles. The summed E-state index contributed by atoms with van der Waals surface area (Å²) in [6.07, 6.45) is -5.83. The summed E-state index contributed by atoms with van der Waals surface area (Å²) in [5.74, 6) is -0.569. The van der Waals surface area contributed by atoms with E-state index in [1.54, 1.807) is 7.85 Å². The number of alkyl halides is 4. The van der Waals surface area contributed by atoms with Crippen LogP contribution in [0.2, 0.25) is 0 Å². The van der Waals surface area contributed by atoms with Gasteiger partial charge in [0, 0.05) is 12.2 Å². The van der Waals surface area contributed by atoms with Gasteiger partial charge >= 0.3 is 12.1 Å². The number of methoxy groups -OCH3 is 1. The lowest BCUT2D eigenvalue weighted by Gasteiger charge is -2.39. The number of ether oxygens (including phenoxy) is 1. The van der Waals surface area contributed by atoms with Gasteiger partial charge < -0.3 is 9.84 Å². The van der Waals surface area contributed by atoms with Crippen LogP contribution in [0, 0.1) is 11.8 Å². The van der Waals surface area contributed by atoms with Crippen LogP contribution in [0.15, 0.2) is 115 Å². The summed E-state index contributed by atoms with van der Waals surface area (Å²) in [6, 6.07) is 30.6. The van der Waals surface area contributed by atoms with Crippen molar-refractivity contribution in [1.82, 2.24) is 10.2 Å². The molecule has 0 radical (unpaired) electrons. The number of benzene rings is 4. The number of hydrogen-bond donors (Lipinski definition) is 2. The van der Waals surface area contributed by atoms with Crippen molar-refractivity contribution in [2.24, 2.45) is 0 Å². The molecule has 0 spiro atoms. The largest absolute Gasteiger partial charge is 0.467 e. The van der Waals surface area contributed by atoms with E-state index in [4.69, 9.17) is 4.74 Å². The van der Waals surface area contributed by atoms with E-state index < -0.39 is 59.2 Å². The maximum atomic E-state index is 16.8. The van der Waals surface area contributed by atoms with Gasteiger partial charge in [-0.3, -0.25) is 15.0 Å². The molecule has 6 nitrogen and oxygen atoms in total. The van der Waals surface area contributed by atoms with Crippen LogP contribution < -0.4 is 10.8 Å². The number of hydrogen-bond acceptors (Lipinski definition) is 6. The fourth-order valence-corrected chi connectivity index (χ4v) is 8.25. The van der Waals surface area contributed by atoms with Crippen LogP contribution in [-0.2, 0) is 24.6 Å². The van der Waals surface area contributed by atoms with Crippen molar-refractivity contribution < 1.29 is 37.0 Å². The van der Waals surface area contributed by atoms with Gasteiger partial charge in [-0.05, 0) is 29.2 Å². The molecule has 1 amide bonds. The first-order chi connectivity index (χ1) is 24.3. The van der Waals surface area contributed by atoms with Crippen molar-refractivity contribution in [3.05, 3.63) is 138 Å². The zero-order valence-corrected chi connectivity index (χ0v) is 29.1. The minimum absolute atomic E-state index is 0.185. The monoisotopic (exact) mass is 716 g/mol. The third-order valence-electron chi connectivity index (χ3n) is 9.05. The van der Waals surface area contributed by atoms with E-state index >= 15 is 17.6 Å². The Kier molecular flexibility index (Phi) is 11.3. The zero-order chi connectivity index (χ0) is 36.9. The Hall–Kier alpha value is -4.57. The minimum Gasteiger partial charge on any atom is -0.467 e. The molecule has 4 atom stereocenters. The topological polar surface area (TPSA) is 78.9 Å². The van der Waals surface area contributed by atoms with Crippen molar-refractivity contribution in [2.75, 3.05) is 19.5 Å². The van der Waals surface area contributed by atoms with Crippen LogP contribution in [0.4, 0.5) is 17.6 Å². The van der Waals surface area contributed by atoms with E-state index in [0.29, 0.717) is 10.4 Å². The van der Waals surface area contributed by atoms with Crippen LogP contribution in [0.3, 0.4) is 0 Å². The highest BCUT2D eigenvalue weighted by Gasteiger charge is 2.61. The summed E-state index contributed by atoms with van der Waals surface area (Å²) < 4.78 is 66.2. The van der Waals surface area contributed by atoms with E-state index in [0.717, 1.165) is 30.7 Å². The fourth-order valence-electron chi connectivity index (χ4n) is 6.65.